The fourth-order valence-corrected chi connectivity index (χ4v) is 5.70. The second kappa shape index (κ2) is 34.4. The minimum absolute atomic E-state index is 0.214. The van der Waals surface area contributed by atoms with Crippen LogP contribution in [0.4, 0.5) is 0 Å². The minimum Gasteiger partial charge on any atom is -0.462 e. The van der Waals surface area contributed by atoms with Crippen LogP contribution >= 0.6 is 7.82 Å². The molecule has 0 aromatic heterocycles. The number of phosphoric ester groups is 1. The van der Waals surface area contributed by atoms with Crippen LogP contribution in [0.15, 0.2) is 24.3 Å². The van der Waals surface area contributed by atoms with E-state index in [0.29, 0.717) is 6.42 Å². The van der Waals surface area contributed by atoms with Crippen LogP contribution in [-0.2, 0) is 28.2 Å². The molecule has 0 aliphatic carbocycles. The Kier molecular flexibility index (Phi) is 33.3. The summed E-state index contributed by atoms with van der Waals surface area (Å²) in [7, 11) is -4.74. The molecule has 276 valence electrons. The Morgan fingerprint density at radius 3 is 1.45 bits per heavy atom. The second-order valence-corrected chi connectivity index (χ2v) is 14.1. The van der Waals surface area contributed by atoms with Crippen molar-refractivity contribution >= 4 is 19.8 Å². The van der Waals surface area contributed by atoms with E-state index >= 15 is 0 Å². The lowest BCUT2D eigenvalue weighted by Gasteiger charge is -2.18. The van der Waals surface area contributed by atoms with Gasteiger partial charge in [0.25, 0.3) is 0 Å². The van der Waals surface area contributed by atoms with Gasteiger partial charge in [0.15, 0.2) is 6.10 Å². The van der Waals surface area contributed by atoms with Crippen molar-refractivity contribution in [3.63, 3.8) is 0 Å². The van der Waals surface area contributed by atoms with Crippen molar-refractivity contribution in [2.24, 2.45) is 0 Å². The Morgan fingerprint density at radius 1 is 0.553 bits per heavy atom. The van der Waals surface area contributed by atoms with Gasteiger partial charge in [-0.3, -0.25) is 14.1 Å². The number of carbonyl (C=O) groups is 2. The molecule has 0 aliphatic rings. The first-order valence-electron chi connectivity index (χ1n) is 19.1. The molecule has 8 nitrogen and oxygen atoms in total. The molecule has 0 saturated heterocycles. The van der Waals surface area contributed by atoms with E-state index < -0.39 is 32.5 Å². The van der Waals surface area contributed by atoms with Crippen molar-refractivity contribution in [3.8, 4) is 0 Å². The summed E-state index contributed by atoms with van der Waals surface area (Å²) in [5.41, 5.74) is 0. The van der Waals surface area contributed by atoms with Crippen LogP contribution in [-0.4, -0.2) is 41.0 Å². The third-order valence-electron chi connectivity index (χ3n) is 8.22. The number of phosphoric acid groups is 1. The summed E-state index contributed by atoms with van der Waals surface area (Å²) >= 11 is 0. The van der Waals surface area contributed by atoms with Crippen LogP contribution in [0.5, 0.6) is 0 Å². The smallest absolute Gasteiger partial charge is 0.462 e. The van der Waals surface area contributed by atoms with Gasteiger partial charge in [0.1, 0.15) is 6.61 Å². The zero-order valence-corrected chi connectivity index (χ0v) is 31.1. The third kappa shape index (κ3) is 37.2. The summed E-state index contributed by atoms with van der Waals surface area (Å²) in [4.78, 5) is 42.6. The average Bonchev–Trinajstić information content (AvgIpc) is 3.04. The Balaban J connectivity index is 3.89. The second-order valence-electron chi connectivity index (χ2n) is 12.9. The molecule has 0 aliphatic heterocycles. The standard InChI is InChI=1S/C38H71O8P/c1-3-5-7-9-11-13-15-16-17-18-19-20-21-22-23-25-26-28-30-32-37(39)44-34-36(35-45-47(41,42)43)46-38(40)33-31-29-27-24-14-12-10-8-6-4-2/h11,13,16-17,36H,3-10,12,14-15,18-35H2,1-2H3,(H2,41,42,43)/b13-11+,17-16+/t36-/m1/s1. The van der Waals surface area contributed by atoms with E-state index in [1.165, 1.54) is 103 Å². The van der Waals surface area contributed by atoms with Gasteiger partial charge >= 0.3 is 19.8 Å². The number of hydrogen-bond acceptors (Lipinski definition) is 6. The lowest BCUT2D eigenvalue weighted by Crippen LogP contribution is -2.29. The van der Waals surface area contributed by atoms with Crippen molar-refractivity contribution in [1.29, 1.82) is 0 Å². The zero-order chi connectivity index (χ0) is 34.7. The molecule has 2 N–H and O–H groups in total. The Bertz CT molecular complexity index is 823. The largest absolute Gasteiger partial charge is 0.469 e. The van der Waals surface area contributed by atoms with Gasteiger partial charge in [-0.15, -0.1) is 0 Å². The highest BCUT2D eigenvalue weighted by Gasteiger charge is 2.22. The monoisotopic (exact) mass is 686 g/mol. The molecule has 0 fully saturated rings. The molecule has 0 heterocycles. The lowest BCUT2D eigenvalue weighted by molar-refractivity contribution is -0.161. The molecule has 0 radical (unpaired) electrons. The number of unbranched alkanes of at least 4 members (excludes halogenated alkanes) is 21. The maximum absolute atomic E-state index is 12.3. The molecule has 0 spiro atoms. The summed E-state index contributed by atoms with van der Waals surface area (Å²) in [5.74, 6) is -0.887. The Morgan fingerprint density at radius 2 is 0.957 bits per heavy atom. The van der Waals surface area contributed by atoms with Crippen LogP contribution in [0.2, 0.25) is 0 Å². The predicted molar refractivity (Wildman–Crippen MR) is 193 cm³/mol. The van der Waals surface area contributed by atoms with Crippen molar-refractivity contribution in [2.75, 3.05) is 13.2 Å². The first-order valence-corrected chi connectivity index (χ1v) is 20.7. The molecule has 47 heavy (non-hydrogen) atoms. The molecular formula is C38H71O8P. The topological polar surface area (TPSA) is 119 Å². The molecule has 0 bridgehead atoms. The molecule has 0 rings (SSSR count). The van der Waals surface area contributed by atoms with E-state index in [2.05, 4.69) is 42.7 Å². The van der Waals surface area contributed by atoms with E-state index in [4.69, 9.17) is 19.3 Å². The minimum atomic E-state index is -4.74. The zero-order valence-electron chi connectivity index (χ0n) is 30.2. The van der Waals surface area contributed by atoms with Crippen molar-refractivity contribution in [2.45, 2.75) is 193 Å². The van der Waals surface area contributed by atoms with E-state index in [0.717, 1.165) is 51.4 Å². The van der Waals surface area contributed by atoms with E-state index in [-0.39, 0.29) is 19.4 Å². The number of rotatable bonds is 35. The van der Waals surface area contributed by atoms with Gasteiger partial charge in [-0.25, -0.2) is 4.57 Å². The quantitative estimate of drug-likeness (QED) is 0.0292. The van der Waals surface area contributed by atoms with E-state index in [9.17, 15) is 14.2 Å². The summed E-state index contributed by atoms with van der Waals surface area (Å²) in [6.07, 6.45) is 37.6. The van der Waals surface area contributed by atoms with Crippen LogP contribution in [0, 0.1) is 0 Å². The van der Waals surface area contributed by atoms with Crippen LogP contribution in [0.25, 0.3) is 0 Å². The van der Waals surface area contributed by atoms with Gasteiger partial charge in [-0.2, -0.15) is 0 Å². The first-order chi connectivity index (χ1) is 22.8. The third-order valence-corrected chi connectivity index (χ3v) is 8.71. The fraction of sp³-hybridized carbons (Fsp3) is 0.842. The Labute approximate surface area is 288 Å². The number of allylic oxidation sites excluding steroid dienone is 4. The maximum atomic E-state index is 12.3. The van der Waals surface area contributed by atoms with Crippen LogP contribution in [0.1, 0.15) is 187 Å². The summed E-state index contributed by atoms with van der Waals surface area (Å²) in [5, 5.41) is 0. The SMILES string of the molecule is CCCCC/C=C/C/C=C/CCCCCCCCCCCC(=O)OC[C@H](COP(=O)(O)O)OC(=O)CCCCCCCCCCCC. The Hall–Kier alpha value is -1.47. The van der Waals surface area contributed by atoms with Crippen molar-refractivity contribution < 1.29 is 37.9 Å². The molecule has 0 unspecified atom stereocenters. The molecular weight excluding hydrogens is 615 g/mol. The van der Waals surface area contributed by atoms with Crippen LogP contribution < -0.4 is 0 Å². The van der Waals surface area contributed by atoms with Gasteiger partial charge in [-0.1, -0.05) is 154 Å². The van der Waals surface area contributed by atoms with Gasteiger partial charge in [0.2, 0.25) is 0 Å². The molecule has 9 heteroatoms. The summed E-state index contributed by atoms with van der Waals surface area (Å²) < 4.78 is 26.3. The predicted octanol–water partition coefficient (Wildman–Crippen LogP) is 11.2. The number of carbonyl (C=O) groups excluding carboxylic acids is 2. The molecule has 0 aromatic rings. The van der Waals surface area contributed by atoms with E-state index in [1.54, 1.807) is 0 Å². The van der Waals surface area contributed by atoms with Crippen molar-refractivity contribution in [3.05, 3.63) is 24.3 Å². The fourth-order valence-electron chi connectivity index (χ4n) is 5.34. The first kappa shape index (κ1) is 45.5. The maximum Gasteiger partial charge on any atom is 0.469 e. The molecule has 1 atom stereocenters. The highest BCUT2D eigenvalue weighted by atomic mass is 31.2. The average molecular weight is 687 g/mol. The summed E-state index contributed by atoms with van der Waals surface area (Å²) in [6.45, 7) is 3.63. The lowest BCUT2D eigenvalue weighted by atomic mass is 10.1. The normalized spacial score (nSPS) is 12.7. The molecule has 0 saturated carbocycles. The van der Waals surface area contributed by atoms with Gasteiger partial charge in [0, 0.05) is 12.8 Å². The highest BCUT2D eigenvalue weighted by molar-refractivity contribution is 7.46. The van der Waals surface area contributed by atoms with Crippen LogP contribution in [0.3, 0.4) is 0 Å². The summed E-state index contributed by atoms with van der Waals surface area (Å²) in [6, 6.07) is 0. The molecule has 0 amide bonds. The number of esters is 2. The molecule has 0 aromatic carbocycles. The van der Waals surface area contributed by atoms with E-state index in [1.807, 2.05) is 0 Å². The van der Waals surface area contributed by atoms with Gasteiger partial charge in [-0.05, 0) is 44.9 Å². The number of ether oxygens (including phenoxy) is 2. The van der Waals surface area contributed by atoms with Crippen molar-refractivity contribution in [1.82, 2.24) is 0 Å². The van der Waals surface area contributed by atoms with Gasteiger partial charge < -0.3 is 19.3 Å². The number of hydrogen-bond donors (Lipinski definition) is 2. The highest BCUT2D eigenvalue weighted by Crippen LogP contribution is 2.36. The van der Waals surface area contributed by atoms with Gasteiger partial charge in [0.05, 0.1) is 6.61 Å².